The van der Waals surface area contributed by atoms with Gasteiger partial charge in [0.15, 0.2) is 5.96 Å². The van der Waals surface area contributed by atoms with Crippen LogP contribution in [0.2, 0.25) is 0 Å². The summed E-state index contributed by atoms with van der Waals surface area (Å²) in [5.74, 6) is 1.40. The highest BCUT2D eigenvalue weighted by molar-refractivity contribution is 5.80. The van der Waals surface area contributed by atoms with Gasteiger partial charge in [0.1, 0.15) is 0 Å². The van der Waals surface area contributed by atoms with Gasteiger partial charge in [-0.15, -0.1) is 0 Å². The molecule has 0 aromatic carbocycles. The molecule has 1 aromatic rings. The Hall–Kier alpha value is -2.31. The van der Waals surface area contributed by atoms with E-state index in [1.54, 1.807) is 7.05 Å². The summed E-state index contributed by atoms with van der Waals surface area (Å²) in [4.78, 5) is 22.7. The van der Waals surface area contributed by atoms with Crippen LogP contribution in [0, 0.1) is 5.92 Å². The number of piperidine rings is 1. The molecule has 0 radical (unpaired) electrons. The molecule has 1 aromatic heterocycles. The van der Waals surface area contributed by atoms with E-state index in [0.29, 0.717) is 19.0 Å². The van der Waals surface area contributed by atoms with Crippen LogP contribution in [0.4, 0.5) is 0 Å². The minimum Gasteiger partial charge on any atom is -0.475 e. The van der Waals surface area contributed by atoms with Gasteiger partial charge in [-0.3, -0.25) is 9.79 Å². The number of ether oxygens (including phenoxy) is 2. The first-order valence-corrected chi connectivity index (χ1v) is 9.27. The molecule has 0 spiro atoms. The van der Waals surface area contributed by atoms with E-state index in [4.69, 9.17) is 9.47 Å². The molecule has 0 bridgehead atoms. The summed E-state index contributed by atoms with van der Waals surface area (Å²) < 4.78 is 10.7. The summed E-state index contributed by atoms with van der Waals surface area (Å²) in [7, 11) is 1.78. The zero-order valence-electron chi connectivity index (χ0n) is 16.2. The van der Waals surface area contributed by atoms with Crippen molar-refractivity contribution in [3.05, 3.63) is 23.9 Å². The normalized spacial score (nSPS) is 15.9. The van der Waals surface area contributed by atoms with Gasteiger partial charge in [-0.25, -0.2) is 4.98 Å². The van der Waals surface area contributed by atoms with Crippen molar-refractivity contribution in [2.24, 2.45) is 10.9 Å². The average Bonchev–Trinajstić information content (AvgIpc) is 2.64. The molecule has 1 saturated heterocycles. The van der Waals surface area contributed by atoms with Crippen molar-refractivity contribution in [3.63, 3.8) is 0 Å². The number of aliphatic imine (C=N–C) groups is 1. The summed E-state index contributed by atoms with van der Waals surface area (Å²) >= 11 is 0. The zero-order valence-corrected chi connectivity index (χ0v) is 16.2. The maximum atomic E-state index is 11.8. The molecule has 0 atom stereocenters. The lowest BCUT2D eigenvalue weighted by Crippen LogP contribution is -2.46. The molecule has 2 heterocycles. The number of nitrogens with one attached hydrogen (secondary N) is 1. The van der Waals surface area contributed by atoms with E-state index < -0.39 is 0 Å². The fraction of sp³-hybridized carbons (Fsp3) is 0.632. The first kappa shape index (κ1) is 20.0. The third-order valence-electron chi connectivity index (χ3n) is 4.23. The molecule has 0 saturated carbocycles. The SMILES string of the molecule is CCOC(=O)C1CCN(C(=NC)NCc2ccc(OC(C)C)nc2)CC1. The predicted octanol–water partition coefficient (Wildman–Crippen LogP) is 2.22. The number of aromatic nitrogens is 1. The molecule has 1 aliphatic heterocycles. The second-order valence-corrected chi connectivity index (χ2v) is 6.59. The minimum absolute atomic E-state index is 0.00186. The maximum absolute atomic E-state index is 11.8. The van der Waals surface area contributed by atoms with Crippen LogP contribution in [-0.2, 0) is 16.1 Å². The number of carbonyl (C=O) groups excluding carboxylic acids is 1. The summed E-state index contributed by atoms with van der Waals surface area (Å²) in [5.41, 5.74) is 1.06. The number of pyridine rings is 1. The van der Waals surface area contributed by atoms with Crippen molar-refractivity contribution >= 4 is 11.9 Å². The lowest BCUT2D eigenvalue weighted by Gasteiger charge is -2.33. The molecule has 0 aliphatic carbocycles. The maximum Gasteiger partial charge on any atom is 0.309 e. The van der Waals surface area contributed by atoms with E-state index in [2.05, 4.69) is 20.2 Å². The highest BCUT2D eigenvalue weighted by Crippen LogP contribution is 2.19. The molecule has 144 valence electrons. The van der Waals surface area contributed by atoms with E-state index >= 15 is 0 Å². The number of guanidine groups is 1. The van der Waals surface area contributed by atoms with Crippen LogP contribution >= 0.6 is 0 Å². The Bertz CT molecular complexity index is 593. The van der Waals surface area contributed by atoms with Crippen LogP contribution in [0.1, 0.15) is 39.2 Å². The van der Waals surface area contributed by atoms with Crippen LogP contribution in [-0.4, -0.2) is 54.7 Å². The molecule has 0 amide bonds. The number of hydrogen-bond acceptors (Lipinski definition) is 5. The molecule has 7 heteroatoms. The molecule has 1 aliphatic rings. The van der Waals surface area contributed by atoms with Gasteiger partial charge in [-0.2, -0.15) is 0 Å². The van der Waals surface area contributed by atoms with Crippen LogP contribution < -0.4 is 10.1 Å². The lowest BCUT2D eigenvalue weighted by atomic mass is 9.97. The first-order valence-electron chi connectivity index (χ1n) is 9.27. The summed E-state index contributed by atoms with van der Waals surface area (Å²) in [5, 5.41) is 3.36. The fourth-order valence-electron chi connectivity index (χ4n) is 2.93. The molecular weight excluding hydrogens is 332 g/mol. The van der Waals surface area contributed by atoms with Crippen LogP contribution in [0.3, 0.4) is 0 Å². The Kier molecular flexibility index (Phi) is 7.69. The van der Waals surface area contributed by atoms with Crippen molar-refractivity contribution in [2.75, 3.05) is 26.7 Å². The van der Waals surface area contributed by atoms with Crippen LogP contribution in [0.25, 0.3) is 0 Å². The topological polar surface area (TPSA) is 76.0 Å². The van der Waals surface area contributed by atoms with E-state index in [-0.39, 0.29) is 18.0 Å². The van der Waals surface area contributed by atoms with Gasteiger partial charge in [-0.05, 0) is 39.2 Å². The molecule has 1 N–H and O–H groups in total. The summed E-state index contributed by atoms with van der Waals surface area (Å²) in [6, 6.07) is 3.88. The number of rotatable bonds is 6. The number of likely N-dealkylation sites (tertiary alicyclic amines) is 1. The van der Waals surface area contributed by atoms with Gasteiger partial charge in [0, 0.05) is 38.9 Å². The summed E-state index contributed by atoms with van der Waals surface area (Å²) in [6.07, 6.45) is 3.51. The van der Waals surface area contributed by atoms with Crippen LogP contribution in [0.5, 0.6) is 5.88 Å². The molecule has 26 heavy (non-hydrogen) atoms. The van der Waals surface area contributed by atoms with Gasteiger partial charge in [0.05, 0.1) is 18.6 Å². The smallest absolute Gasteiger partial charge is 0.309 e. The summed E-state index contributed by atoms with van der Waals surface area (Å²) in [6.45, 7) is 8.47. The third kappa shape index (κ3) is 5.89. The first-order chi connectivity index (χ1) is 12.5. The Balaban J connectivity index is 1.82. The third-order valence-corrected chi connectivity index (χ3v) is 4.23. The lowest BCUT2D eigenvalue weighted by molar-refractivity contribution is -0.149. The quantitative estimate of drug-likeness (QED) is 0.475. The number of esters is 1. The molecule has 7 nitrogen and oxygen atoms in total. The monoisotopic (exact) mass is 362 g/mol. The Morgan fingerprint density at radius 3 is 2.65 bits per heavy atom. The number of hydrogen-bond donors (Lipinski definition) is 1. The van der Waals surface area contributed by atoms with Crippen molar-refractivity contribution < 1.29 is 14.3 Å². The molecule has 2 rings (SSSR count). The average molecular weight is 362 g/mol. The molecule has 0 unspecified atom stereocenters. The van der Waals surface area contributed by atoms with Gasteiger partial charge in [-0.1, -0.05) is 6.07 Å². The second kappa shape index (κ2) is 9.99. The standard InChI is InChI=1S/C19H30N4O3/c1-5-25-18(24)16-8-10-23(11-9-16)19(20-4)22-13-15-6-7-17(21-12-15)26-14(2)3/h6-7,12,14,16H,5,8-11,13H2,1-4H3,(H,20,22). The Morgan fingerprint density at radius 2 is 2.12 bits per heavy atom. The molecular formula is C19H30N4O3. The van der Waals surface area contributed by atoms with E-state index in [0.717, 1.165) is 37.5 Å². The van der Waals surface area contributed by atoms with E-state index in [9.17, 15) is 4.79 Å². The van der Waals surface area contributed by atoms with Gasteiger partial charge in [0.25, 0.3) is 0 Å². The van der Waals surface area contributed by atoms with E-state index in [1.807, 2.05) is 39.1 Å². The Morgan fingerprint density at radius 1 is 1.38 bits per heavy atom. The van der Waals surface area contributed by atoms with Crippen molar-refractivity contribution in [3.8, 4) is 5.88 Å². The van der Waals surface area contributed by atoms with Gasteiger partial charge in [0.2, 0.25) is 5.88 Å². The van der Waals surface area contributed by atoms with Crippen molar-refractivity contribution in [1.29, 1.82) is 0 Å². The van der Waals surface area contributed by atoms with Crippen LogP contribution in [0.15, 0.2) is 23.3 Å². The number of nitrogens with zero attached hydrogens (tertiary/aromatic N) is 3. The van der Waals surface area contributed by atoms with E-state index in [1.165, 1.54) is 0 Å². The Labute approximate surface area is 155 Å². The zero-order chi connectivity index (χ0) is 18.9. The fourth-order valence-corrected chi connectivity index (χ4v) is 2.93. The highest BCUT2D eigenvalue weighted by Gasteiger charge is 2.27. The molecule has 1 fully saturated rings. The van der Waals surface area contributed by atoms with Gasteiger partial charge >= 0.3 is 5.97 Å². The largest absolute Gasteiger partial charge is 0.475 e. The minimum atomic E-state index is -0.0788. The predicted molar refractivity (Wildman–Crippen MR) is 101 cm³/mol. The van der Waals surface area contributed by atoms with Crippen molar-refractivity contribution in [1.82, 2.24) is 15.2 Å². The second-order valence-electron chi connectivity index (χ2n) is 6.59. The van der Waals surface area contributed by atoms with Gasteiger partial charge < -0.3 is 19.7 Å². The highest BCUT2D eigenvalue weighted by atomic mass is 16.5. The number of carbonyl (C=O) groups is 1. The van der Waals surface area contributed by atoms with Crippen molar-refractivity contribution in [2.45, 2.75) is 46.3 Å².